The third kappa shape index (κ3) is 3.09. The summed E-state index contributed by atoms with van der Waals surface area (Å²) in [4.78, 5) is 14.5. The summed E-state index contributed by atoms with van der Waals surface area (Å²) in [6, 6.07) is 7.61. The first-order valence-corrected chi connectivity index (χ1v) is 7.27. The van der Waals surface area contributed by atoms with E-state index in [0.29, 0.717) is 13.1 Å². The highest BCUT2D eigenvalue weighted by Crippen LogP contribution is 2.20. The van der Waals surface area contributed by atoms with Crippen LogP contribution >= 0.6 is 0 Å². The van der Waals surface area contributed by atoms with Crippen molar-refractivity contribution in [1.29, 1.82) is 0 Å². The first-order valence-electron chi connectivity index (χ1n) is 7.27. The summed E-state index contributed by atoms with van der Waals surface area (Å²) < 4.78 is 0. The molecule has 0 unspecified atom stereocenters. The SMILES string of the molecule is CCc1ccccc1-n1nc(C(=O)O)c(N(CC)CCO)n1. The lowest BCUT2D eigenvalue weighted by Gasteiger charge is -2.18. The zero-order chi connectivity index (χ0) is 16.1. The molecule has 0 radical (unpaired) electrons. The number of carbonyl (C=O) groups is 1. The number of likely N-dealkylation sites (N-methyl/N-ethyl adjacent to an activating group) is 1. The minimum absolute atomic E-state index is 0.0781. The maximum atomic E-state index is 11.4. The van der Waals surface area contributed by atoms with Gasteiger partial charge in [-0.05, 0) is 25.0 Å². The van der Waals surface area contributed by atoms with E-state index in [0.717, 1.165) is 17.7 Å². The zero-order valence-electron chi connectivity index (χ0n) is 12.7. The number of aliphatic hydroxyl groups excluding tert-OH is 1. The van der Waals surface area contributed by atoms with Crippen LogP contribution in [0.3, 0.4) is 0 Å². The van der Waals surface area contributed by atoms with Gasteiger partial charge < -0.3 is 15.1 Å². The molecule has 0 saturated carbocycles. The molecule has 1 heterocycles. The van der Waals surface area contributed by atoms with Crippen LogP contribution in [0.15, 0.2) is 24.3 Å². The fourth-order valence-corrected chi connectivity index (χ4v) is 2.30. The molecular weight excluding hydrogens is 284 g/mol. The summed E-state index contributed by atoms with van der Waals surface area (Å²) in [6.07, 6.45) is 0.795. The van der Waals surface area contributed by atoms with Crippen molar-refractivity contribution in [2.75, 3.05) is 24.6 Å². The van der Waals surface area contributed by atoms with Crippen LogP contribution in [0.1, 0.15) is 29.9 Å². The number of rotatable bonds is 7. The quantitative estimate of drug-likeness (QED) is 0.802. The molecule has 118 valence electrons. The number of carboxylic acids is 1. The molecule has 7 heteroatoms. The minimum Gasteiger partial charge on any atom is -0.476 e. The summed E-state index contributed by atoms with van der Waals surface area (Å²) >= 11 is 0. The first-order chi connectivity index (χ1) is 10.6. The lowest BCUT2D eigenvalue weighted by molar-refractivity contribution is 0.0690. The van der Waals surface area contributed by atoms with Crippen molar-refractivity contribution in [1.82, 2.24) is 15.0 Å². The standard InChI is InChI=1S/C15H20N4O3/c1-3-11-7-5-6-8-12(11)19-16-13(15(21)22)14(17-19)18(4-2)9-10-20/h5-8,20H,3-4,9-10H2,1-2H3,(H,21,22). The van der Waals surface area contributed by atoms with Crippen molar-refractivity contribution in [3.05, 3.63) is 35.5 Å². The lowest BCUT2D eigenvalue weighted by Crippen LogP contribution is -2.28. The van der Waals surface area contributed by atoms with Crippen molar-refractivity contribution >= 4 is 11.8 Å². The van der Waals surface area contributed by atoms with Gasteiger partial charge in [-0.3, -0.25) is 0 Å². The number of anilines is 1. The third-order valence-corrected chi connectivity index (χ3v) is 3.44. The van der Waals surface area contributed by atoms with Crippen LogP contribution in [0.5, 0.6) is 0 Å². The Morgan fingerprint density at radius 1 is 1.27 bits per heavy atom. The van der Waals surface area contributed by atoms with Crippen molar-refractivity contribution in [3.8, 4) is 5.69 Å². The van der Waals surface area contributed by atoms with Crippen LogP contribution in [0.25, 0.3) is 5.69 Å². The second-order valence-corrected chi connectivity index (χ2v) is 4.75. The molecule has 0 atom stereocenters. The van der Waals surface area contributed by atoms with E-state index in [2.05, 4.69) is 10.2 Å². The molecule has 1 aromatic carbocycles. The summed E-state index contributed by atoms with van der Waals surface area (Å²) in [6.45, 7) is 4.66. The van der Waals surface area contributed by atoms with Gasteiger partial charge in [0.25, 0.3) is 0 Å². The van der Waals surface area contributed by atoms with Crippen molar-refractivity contribution in [3.63, 3.8) is 0 Å². The number of aromatic carboxylic acids is 1. The van der Waals surface area contributed by atoms with Crippen LogP contribution in [-0.2, 0) is 6.42 Å². The highest BCUT2D eigenvalue weighted by molar-refractivity contribution is 5.91. The minimum atomic E-state index is -1.13. The average molecular weight is 304 g/mol. The molecule has 0 spiro atoms. The van der Waals surface area contributed by atoms with Gasteiger partial charge in [-0.15, -0.1) is 15.0 Å². The fraction of sp³-hybridized carbons (Fsp3) is 0.400. The van der Waals surface area contributed by atoms with Gasteiger partial charge in [0.2, 0.25) is 5.69 Å². The second kappa shape index (κ2) is 7.04. The lowest BCUT2D eigenvalue weighted by atomic mass is 10.1. The van der Waals surface area contributed by atoms with E-state index in [-0.39, 0.29) is 18.1 Å². The Bertz CT molecular complexity index is 654. The Labute approximate surface area is 128 Å². The zero-order valence-corrected chi connectivity index (χ0v) is 12.7. The monoisotopic (exact) mass is 304 g/mol. The number of hydrogen-bond donors (Lipinski definition) is 2. The second-order valence-electron chi connectivity index (χ2n) is 4.75. The molecule has 22 heavy (non-hydrogen) atoms. The van der Waals surface area contributed by atoms with E-state index in [1.165, 1.54) is 4.80 Å². The fourth-order valence-electron chi connectivity index (χ4n) is 2.30. The highest BCUT2D eigenvalue weighted by Gasteiger charge is 2.23. The topological polar surface area (TPSA) is 91.5 Å². The molecule has 2 aromatic rings. The number of hydrogen-bond acceptors (Lipinski definition) is 5. The molecule has 0 aliphatic carbocycles. The van der Waals surface area contributed by atoms with Crippen molar-refractivity contribution in [2.24, 2.45) is 0 Å². The molecule has 2 rings (SSSR count). The number of aromatic nitrogens is 3. The summed E-state index contributed by atoms with van der Waals surface area (Å²) in [5, 5.41) is 26.9. The predicted octanol–water partition coefficient (Wildman–Crippen LogP) is 1.35. The Morgan fingerprint density at radius 3 is 2.59 bits per heavy atom. The number of aryl methyl sites for hydroxylation is 1. The Kier molecular flexibility index (Phi) is 5.11. The Hall–Kier alpha value is -2.41. The highest BCUT2D eigenvalue weighted by atomic mass is 16.4. The largest absolute Gasteiger partial charge is 0.476 e. The van der Waals surface area contributed by atoms with Gasteiger partial charge in [-0.1, -0.05) is 25.1 Å². The number of aliphatic hydroxyl groups is 1. The van der Waals surface area contributed by atoms with E-state index >= 15 is 0 Å². The van der Waals surface area contributed by atoms with Gasteiger partial charge in [0.1, 0.15) is 0 Å². The maximum absolute atomic E-state index is 11.4. The van der Waals surface area contributed by atoms with Gasteiger partial charge in [0.05, 0.1) is 12.3 Å². The van der Waals surface area contributed by atoms with Gasteiger partial charge >= 0.3 is 5.97 Å². The molecule has 1 aromatic heterocycles. The molecule has 0 saturated heterocycles. The molecule has 0 aliphatic heterocycles. The van der Waals surface area contributed by atoms with Crippen molar-refractivity contribution < 1.29 is 15.0 Å². The molecule has 2 N–H and O–H groups in total. The molecule has 7 nitrogen and oxygen atoms in total. The van der Waals surface area contributed by atoms with Crippen molar-refractivity contribution in [2.45, 2.75) is 20.3 Å². The van der Waals surface area contributed by atoms with Gasteiger partial charge in [0, 0.05) is 13.1 Å². The van der Waals surface area contributed by atoms with E-state index in [9.17, 15) is 9.90 Å². The smallest absolute Gasteiger partial charge is 0.360 e. The maximum Gasteiger partial charge on any atom is 0.360 e. The van der Waals surface area contributed by atoms with Crippen LogP contribution in [0.4, 0.5) is 5.82 Å². The Balaban J connectivity index is 2.53. The number of benzene rings is 1. The molecular formula is C15H20N4O3. The van der Waals surface area contributed by atoms with Gasteiger partial charge in [0.15, 0.2) is 5.82 Å². The first kappa shape index (κ1) is 16.0. The molecule has 0 amide bonds. The normalized spacial score (nSPS) is 10.7. The summed E-state index contributed by atoms with van der Waals surface area (Å²) in [5.74, 6) is -0.860. The van der Waals surface area contributed by atoms with E-state index in [1.54, 1.807) is 4.90 Å². The van der Waals surface area contributed by atoms with Gasteiger partial charge in [-0.25, -0.2) is 4.79 Å². The third-order valence-electron chi connectivity index (χ3n) is 3.44. The van der Waals surface area contributed by atoms with Crippen LogP contribution in [0, 0.1) is 0 Å². The number of nitrogens with zero attached hydrogens (tertiary/aromatic N) is 4. The van der Waals surface area contributed by atoms with E-state index < -0.39 is 5.97 Å². The summed E-state index contributed by atoms with van der Waals surface area (Å²) in [7, 11) is 0. The average Bonchev–Trinajstić information content (AvgIpc) is 2.97. The van der Waals surface area contributed by atoms with Crippen LogP contribution in [-0.4, -0.2) is 50.9 Å². The van der Waals surface area contributed by atoms with Crippen LogP contribution < -0.4 is 4.90 Å². The van der Waals surface area contributed by atoms with Gasteiger partial charge in [-0.2, -0.15) is 0 Å². The Morgan fingerprint density at radius 2 is 2.00 bits per heavy atom. The van der Waals surface area contributed by atoms with E-state index in [4.69, 9.17) is 5.11 Å². The van der Waals surface area contributed by atoms with E-state index in [1.807, 2.05) is 38.1 Å². The molecule has 0 bridgehead atoms. The summed E-state index contributed by atoms with van der Waals surface area (Å²) in [5.41, 5.74) is 1.69. The molecule has 0 fully saturated rings. The number of para-hydroxylation sites is 1. The van der Waals surface area contributed by atoms with Crippen LogP contribution in [0.2, 0.25) is 0 Å². The number of carboxylic acid groups (broad SMARTS) is 1. The molecule has 0 aliphatic rings. The predicted molar refractivity (Wildman–Crippen MR) is 82.7 cm³/mol.